The van der Waals surface area contributed by atoms with E-state index in [4.69, 9.17) is 0 Å². The van der Waals surface area contributed by atoms with Gasteiger partial charge < -0.3 is 0 Å². The van der Waals surface area contributed by atoms with Crippen LogP contribution < -0.4 is 5.30 Å². The van der Waals surface area contributed by atoms with E-state index in [1.165, 1.54) is 44.9 Å². The third-order valence-corrected chi connectivity index (χ3v) is 4.90. The van der Waals surface area contributed by atoms with Crippen LogP contribution in [0.5, 0.6) is 0 Å². The van der Waals surface area contributed by atoms with Crippen LogP contribution in [0.25, 0.3) is 0 Å². The van der Waals surface area contributed by atoms with Crippen LogP contribution in [0.15, 0.2) is 30.3 Å². The van der Waals surface area contributed by atoms with E-state index in [1.54, 1.807) is 5.30 Å². The van der Waals surface area contributed by atoms with E-state index in [-0.39, 0.29) is 0 Å². The van der Waals surface area contributed by atoms with Crippen LogP contribution in [0.1, 0.15) is 44.9 Å². The average Bonchev–Trinajstić information content (AvgIpc) is 2.23. The predicted molar refractivity (Wildman–Crippen MR) is 70.5 cm³/mol. The van der Waals surface area contributed by atoms with E-state index < -0.39 is 0 Å². The number of rotatable bonds is 2. The van der Waals surface area contributed by atoms with Gasteiger partial charge in [0.15, 0.2) is 0 Å². The van der Waals surface area contributed by atoms with Gasteiger partial charge in [0.05, 0.1) is 0 Å². The summed E-state index contributed by atoms with van der Waals surface area (Å²) in [6.07, 6.45) is 10.3. The SMILES string of the molecule is c1ccc(PC2CCCCCCC2)cc1. The lowest BCUT2D eigenvalue weighted by Gasteiger charge is -2.19. The second-order valence-corrected chi connectivity index (χ2v) is 6.23. The molecule has 0 N–H and O–H groups in total. The van der Waals surface area contributed by atoms with Crippen molar-refractivity contribution in [1.82, 2.24) is 0 Å². The normalized spacial score (nSPS) is 20.3. The molecule has 82 valence electrons. The molecule has 1 heteroatoms. The summed E-state index contributed by atoms with van der Waals surface area (Å²) in [5.41, 5.74) is 0.979. The van der Waals surface area contributed by atoms with Gasteiger partial charge in [-0.1, -0.05) is 71.0 Å². The van der Waals surface area contributed by atoms with E-state index in [2.05, 4.69) is 30.3 Å². The average molecular weight is 220 g/mol. The first-order chi connectivity index (χ1) is 7.45. The predicted octanol–water partition coefficient (Wildman–Crippen LogP) is 4.10. The maximum atomic E-state index is 2.29. The Morgan fingerprint density at radius 2 is 1.40 bits per heavy atom. The van der Waals surface area contributed by atoms with Crippen molar-refractivity contribution in [2.45, 2.75) is 50.6 Å². The first-order valence-electron chi connectivity index (χ1n) is 6.27. The largest absolute Gasteiger partial charge is 0.0872 e. The maximum absolute atomic E-state index is 2.29. The molecule has 15 heavy (non-hydrogen) atoms. The van der Waals surface area contributed by atoms with E-state index in [0.29, 0.717) is 0 Å². The van der Waals surface area contributed by atoms with Crippen LogP contribution in [0.2, 0.25) is 0 Å². The van der Waals surface area contributed by atoms with Gasteiger partial charge in [-0.15, -0.1) is 0 Å². The van der Waals surface area contributed by atoms with Gasteiger partial charge in [-0.05, 0) is 23.8 Å². The summed E-state index contributed by atoms with van der Waals surface area (Å²) in [5, 5.41) is 1.56. The molecular formula is C14H21P. The highest BCUT2D eigenvalue weighted by atomic mass is 31.1. The summed E-state index contributed by atoms with van der Waals surface area (Å²) < 4.78 is 0. The first-order valence-corrected chi connectivity index (χ1v) is 7.34. The van der Waals surface area contributed by atoms with E-state index in [9.17, 15) is 0 Å². The summed E-state index contributed by atoms with van der Waals surface area (Å²) in [6, 6.07) is 11.0. The quantitative estimate of drug-likeness (QED) is 0.658. The fourth-order valence-electron chi connectivity index (χ4n) is 2.37. The first kappa shape index (κ1) is 11.1. The van der Waals surface area contributed by atoms with Gasteiger partial charge in [-0.3, -0.25) is 0 Å². The van der Waals surface area contributed by atoms with Crippen molar-refractivity contribution < 1.29 is 0 Å². The standard InChI is InChI=1S/C14H21P/c1-2-5-9-13(10-6-3-1)15-14-11-7-4-8-12-14/h4,7-8,11-13,15H,1-3,5-6,9-10H2. The van der Waals surface area contributed by atoms with Crippen LogP contribution in [0, 0.1) is 0 Å². The summed E-state index contributed by atoms with van der Waals surface area (Å²) in [5.74, 6) is 0. The smallest absolute Gasteiger partial charge is 0.0196 e. The second kappa shape index (κ2) is 6.28. The minimum Gasteiger partial charge on any atom is -0.0872 e. The highest BCUT2D eigenvalue weighted by Gasteiger charge is 2.11. The molecule has 0 spiro atoms. The second-order valence-electron chi connectivity index (χ2n) is 4.55. The molecule has 1 unspecified atom stereocenters. The molecule has 0 aliphatic heterocycles. The van der Waals surface area contributed by atoms with Gasteiger partial charge >= 0.3 is 0 Å². The third-order valence-electron chi connectivity index (χ3n) is 3.25. The molecule has 0 amide bonds. The van der Waals surface area contributed by atoms with E-state index >= 15 is 0 Å². The fraction of sp³-hybridized carbons (Fsp3) is 0.571. The van der Waals surface area contributed by atoms with Crippen molar-refractivity contribution in [3.05, 3.63) is 30.3 Å². The molecule has 0 nitrogen and oxygen atoms in total. The van der Waals surface area contributed by atoms with Crippen molar-refractivity contribution >= 4 is 13.9 Å². The van der Waals surface area contributed by atoms with Gasteiger partial charge in [0.2, 0.25) is 0 Å². The molecule has 1 aromatic carbocycles. The van der Waals surface area contributed by atoms with Crippen LogP contribution >= 0.6 is 8.58 Å². The van der Waals surface area contributed by atoms with Crippen LogP contribution in [0.3, 0.4) is 0 Å². The molecule has 1 aliphatic rings. The molecule has 0 saturated heterocycles. The summed E-state index contributed by atoms with van der Waals surface area (Å²) in [7, 11) is 1.05. The Bertz CT molecular complexity index is 260. The van der Waals surface area contributed by atoms with Crippen LogP contribution in [-0.2, 0) is 0 Å². The summed E-state index contributed by atoms with van der Waals surface area (Å²) in [4.78, 5) is 0. The molecule has 0 radical (unpaired) electrons. The van der Waals surface area contributed by atoms with Gasteiger partial charge in [0.25, 0.3) is 0 Å². The van der Waals surface area contributed by atoms with E-state index in [1.807, 2.05) is 0 Å². The van der Waals surface area contributed by atoms with Crippen LogP contribution in [-0.4, -0.2) is 5.66 Å². The maximum Gasteiger partial charge on any atom is -0.0196 e. The van der Waals surface area contributed by atoms with Crippen molar-refractivity contribution in [1.29, 1.82) is 0 Å². The topological polar surface area (TPSA) is 0 Å². The lowest BCUT2D eigenvalue weighted by Crippen LogP contribution is -2.08. The lowest BCUT2D eigenvalue weighted by atomic mass is 10.0. The van der Waals surface area contributed by atoms with Crippen LogP contribution in [0.4, 0.5) is 0 Å². The van der Waals surface area contributed by atoms with Gasteiger partial charge in [0.1, 0.15) is 0 Å². The van der Waals surface area contributed by atoms with Gasteiger partial charge in [-0.2, -0.15) is 0 Å². The molecule has 1 saturated carbocycles. The molecule has 1 atom stereocenters. The monoisotopic (exact) mass is 220 g/mol. The Kier molecular flexibility index (Phi) is 4.67. The third kappa shape index (κ3) is 3.95. The zero-order valence-electron chi connectivity index (χ0n) is 9.41. The number of hydrogen-bond acceptors (Lipinski definition) is 0. The molecule has 0 bridgehead atoms. The minimum atomic E-state index is 0.979. The van der Waals surface area contributed by atoms with Gasteiger partial charge in [-0.25, -0.2) is 0 Å². The minimum absolute atomic E-state index is 0.979. The Hall–Kier alpha value is -0.350. The molecule has 0 aromatic heterocycles. The summed E-state index contributed by atoms with van der Waals surface area (Å²) in [6.45, 7) is 0. The summed E-state index contributed by atoms with van der Waals surface area (Å²) >= 11 is 0. The molecule has 0 heterocycles. The zero-order valence-corrected chi connectivity index (χ0v) is 10.4. The molecular weight excluding hydrogens is 199 g/mol. The number of hydrogen-bond donors (Lipinski definition) is 0. The van der Waals surface area contributed by atoms with Gasteiger partial charge in [0, 0.05) is 0 Å². The van der Waals surface area contributed by atoms with Crippen molar-refractivity contribution in [3.63, 3.8) is 0 Å². The van der Waals surface area contributed by atoms with Crippen molar-refractivity contribution in [2.24, 2.45) is 0 Å². The fourth-order valence-corrected chi connectivity index (χ4v) is 3.92. The molecule has 1 fully saturated rings. The number of benzene rings is 1. The highest BCUT2D eigenvalue weighted by Crippen LogP contribution is 2.30. The van der Waals surface area contributed by atoms with Crippen molar-refractivity contribution in [2.75, 3.05) is 0 Å². The Balaban J connectivity index is 1.86. The molecule has 2 rings (SSSR count). The molecule has 1 aliphatic carbocycles. The lowest BCUT2D eigenvalue weighted by molar-refractivity contribution is 0.512. The molecule has 1 aromatic rings. The highest BCUT2D eigenvalue weighted by molar-refractivity contribution is 7.48. The Morgan fingerprint density at radius 1 is 0.800 bits per heavy atom. The zero-order chi connectivity index (χ0) is 10.3. The van der Waals surface area contributed by atoms with E-state index in [0.717, 1.165) is 14.2 Å². The Labute approximate surface area is 95.3 Å². The van der Waals surface area contributed by atoms with Crippen molar-refractivity contribution in [3.8, 4) is 0 Å². The Morgan fingerprint density at radius 3 is 2.07 bits per heavy atom.